The Morgan fingerprint density at radius 1 is 1.88 bits per heavy atom. The third-order valence-electron chi connectivity index (χ3n) is 0.363. The van der Waals surface area contributed by atoms with Crippen LogP contribution in [0.4, 0.5) is 0 Å². The summed E-state index contributed by atoms with van der Waals surface area (Å²) < 4.78 is 4.15. The molecule has 0 bridgehead atoms. The first-order chi connectivity index (χ1) is 3.66. The average Bonchev–Trinajstić information content (AvgIpc) is 1.65. The van der Waals surface area contributed by atoms with E-state index in [4.69, 9.17) is 5.21 Å². The molecule has 0 spiro atoms. The van der Waals surface area contributed by atoms with Crippen LogP contribution in [0.5, 0.6) is 0 Å². The molecule has 0 radical (unpaired) electrons. The lowest BCUT2D eigenvalue weighted by atomic mass is 10.8. The fourth-order valence-corrected chi connectivity index (χ4v) is 0.222. The minimum Gasteiger partial charge on any atom is -0.319 e. The molecule has 0 heterocycles. The molecule has 0 fully saturated rings. The zero-order chi connectivity index (χ0) is 6.57. The van der Waals surface area contributed by atoms with Crippen molar-refractivity contribution in [1.29, 1.82) is 0 Å². The molecule has 0 aliphatic carbocycles. The van der Waals surface area contributed by atoms with Gasteiger partial charge in [-0.2, -0.15) is 0 Å². The van der Waals surface area contributed by atoms with E-state index in [-0.39, 0.29) is 15.9 Å². The molecule has 0 saturated carbocycles. The maximum absolute atomic E-state index is 9.92. The molecule has 0 saturated heterocycles. The third kappa shape index (κ3) is 3.75. The number of nitrogens with zero attached hydrogens (tertiary/aromatic N) is 1. The molecule has 0 aromatic carbocycles. The summed E-state index contributed by atoms with van der Waals surface area (Å²) in [4.78, 5) is 13.9. The summed E-state index contributed by atoms with van der Waals surface area (Å²) in [5.74, 6) is -0.622. The molecule has 0 aliphatic heterocycles. The van der Waals surface area contributed by atoms with Crippen LogP contribution in [-0.2, 0) is 14.2 Å². The molecule has 8 heavy (non-hydrogen) atoms. The van der Waals surface area contributed by atoms with Gasteiger partial charge in [-0.05, 0) is 0 Å². The Morgan fingerprint density at radius 2 is 2.38 bits per heavy atom. The highest BCUT2D eigenvalue weighted by molar-refractivity contribution is 5.97. The van der Waals surface area contributed by atoms with Crippen LogP contribution in [0.3, 0.4) is 0 Å². The Balaban J connectivity index is 3.24. The Bertz CT molecular complexity index is 86.1. The third-order valence-corrected chi connectivity index (χ3v) is 0.675. The molecular weight excluding hydrogens is 130 g/mol. The van der Waals surface area contributed by atoms with Crippen LogP contribution in [0.2, 0.25) is 0 Å². The first kappa shape index (κ1) is 7.57. The fraction of sp³-hybridized carbons (Fsp3) is 0.500. The molecule has 0 aromatic rings. The van der Waals surface area contributed by atoms with E-state index < -0.39 is 5.97 Å². The minimum atomic E-state index is -0.622. The van der Waals surface area contributed by atoms with Gasteiger partial charge >= 0.3 is 5.97 Å². The summed E-state index contributed by atoms with van der Waals surface area (Å²) in [6, 6.07) is 0. The molecular formula is C2H7NO4Si. The van der Waals surface area contributed by atoms with Gasteiger partial charge in [0.05, 0.1) is 0 Å². The predicted molar refractivity (Wildman–Crippen MR) is 26.4 cm³/mol. The zero-order valence-electron chi connectivity index (χ0n) is 4.62. The van der Waals surface area contributed by atoms with Crippen LogP contribution in [-0.4, -0.2) is 27.1 Å². The number of rotatable bonds is 2. The summed E-state index contributed by atoms with van der Waals surface area (Å²) >= 11 is 0. The largest absolute Gasteiger partial charge is 0.327 e. The van der Waals surface area contributed by atoms with Crippen molar-refractivity contribution in [3.63, 3.8) is 0 Å². The molecule has 0 aliphatic rings. The second-order valence-corrected chi connectivity index (χ2v) is 1.37. The van der Waals surface area contributed by atoms with Crippen LogP contribution in [0.1, 0.15) is 6.92 Å². The van der Waals surface area contributed by atoms with E-state index in [0.717, 1.165) is 6.92 Å². The van der Waals surface area contributed by atoms with Gasteiger partial charge in [-0.25, -0.2) is 0 Å². The molecule has 0 amide bonds. The minimum absolute atomic E-state index is 0.0363. The molecule has 48 valence electrons. The summed E-state index contributed by atoms with van der Waals surface area (Å²) in [6.07, 6.45) is 0. The Labute approximate surface area is 49.2 Å². The molecule has 5 nitrogen and oxygen atoms in total. The van der Waals surface area contributed by atoms with E-state index in [1.165, 1.54) is 0 Å². The zero-order valence-corrected chi connectivity index (χ0v) is 6.62. The van der Waals surface area contributed by atoms with Crippen molar-refractivity contribution >= 4 is 16.5 Å². The van der Waals surface area contributed by atoms with Crippen LogP contribution in [0.25, 0.3) is 0 Å². The number of hydrogen-bond acceptors (Lipinski definition) is 5. The van der Waals surface area contributed by atoms with Gasteiger partial charge in [0.15, 0.2) is 10.5 Å². The van der Waals surface area contributed by atoms with E-state index in [1.54, 1.807) is 0 Å². The van der Waals surface area contributed by atoms with Gasteiger partial charge in [-0.15, -0.1) is 0 Å². The first-order valence-electron chi connectivity index (χ1n) is 1.88. The molecule has 0 aromatic heterocycles. The maximum atomic E-state index is 9.92. The predicted octanol–water partition coefficient (Wildman–Crippen LogP) is -1.63. The lowest BCUT2D eigenvalue weighted by Crippen LogP contribution is -2.21. The van der Waals surface area contributed by atoms with E-state index in [1.807, 2.05) is 0 Å². The molecule has 1 N–H and O–H groups in total. The van der Waals surface area contributed by atoms with Gasteiger partial charge in [0.1, 0.15) is 5.39 Å². The van der Waals surface area contributed by atoms with Crippen molar-refractivity contribution in [2.75, 3.05) is 0 Å². The Hall–Kier alpha value is -0.433. The van der Waals surface area contributed by atoms with Crippen molar-refractivity contribution in [3.8, 4) is 0 Å². The lowest BCUT2D eigenvalue weighted by Gasteiger charge is -2.07. The standard InChI is InChI=1S/C2H7NO4Si/c1-2(4)6-3(5)7-8/h5H,1,8H3. The second-order valence-electron chi connectivity index (χ2n) is 1.00. The monoisotopic (exact) mass is 137 g/mol. The van der Waals surface area contributed by atoms with Crippen molar-refractivity contribution in [2.24, 2.45) is 0 Å². The first-order valence-corrected chi connectivity index (χ1v) is 2.70. The van der Waals surface area contributed by atoms with Gasteiger partial charge in [0, 0.05) is 6.92 Å². The topological polar surface area (TPSA) is 59.0 Å². The normalized spacial score (nSPS) is 9.88. The Morgan fingerprint density at radius 3 is 2.50 bits per heavy atom. The highest BCUT2D eigenvalue weighted by Gasteiger charge is 1.98. The molecule has 0 rings (SSSR count). The lowest BCUT2D eigenvalue weighted by molar-refractivity contribution is -0.449. The molecule has 0 unspecified atom stereocenters. The second kappa shape index (κ2) is 3.55. The van der Waals surface area contributed by atoms with E-state index in [2.05, 4.69) is 9.36 Å². The van der Waals surface area contributed by atoms with E-state index in [0.29, 0.717) is 0 Å². The van der Waals surface area contributed by atoms with Crippen molar-refractivity contribution in [2.45, 2.75) is 6.92 Å². The number of hydrogen-bond donors (Lipinski definition) is 1. The molecule has 6 heteroatoms. The summed E-state index contributed by atoms with van der Waals surface area (Å²) in [6.45, 7) is 1.16. The van der Waals surface area contributed by atoms with Gasteiger partial charge in [0.2, 0.25) is 0 Å². The van der Waals surface area contributed by atoms with Gasteiger partial charge in [-0.3, -0.25) is 10.0 Å². The van der Waals surface area contributed by atoms with Crippen LogP contribution in [0, 0.1) is 0 Å². The molecule has 0 atom stereocenters. The Kier molecular flexibility index (Phi) is 3.36. The number of carbonyl (C=O) groups excluding carboxylic acids is 1. The summed E-state index contributed by atoms with van der Waals surface area (Å²) in [7, 11) is 0.277. The van der Waals surface area contributed by atoms with E-state index >= 15 is 0 Å². The van der Waals surface area contributed by atoms with Gasteiger partial charge in [0.25, 0.3) is 0 Å². The number of carbonyl (C=O) groups is 1. The van der Waals surface area contributed by atoms with Crippen LogP contribution in [0.15, 0.2) is 0 Å². The van der Waals surface area contributed by atoms with Crippen LogP contribution < -0.4 is 0 Å². The van der Waals surface area contributed by atoms with Gasteiger partial charge in [-0.1, -0.05) is 0 Å². The highest BCUT2D eigenvalue weighted by Crippen LogP contribution is 1.81. The summed E-state index contributed by atoms with van der Waals surface area (Å²) in [5, 5.41) is 8.27. The van der Waals surface area contributed by atoms with E-state index in [9.17, 15) is 4.79 Å². The fourth-order valence-electron chi connectivity index (χ4n) is 0.147. The average molecular weight is 137 g/mol. The maximum Gasteiger partial charge on any atom is 0.327 e. The quantitative estimate of drug-likeness (QED) is 0.365. The smallest absolute Gasteiger partial charge is 0.319 e. The SMILES string of the molecule is CC(=O)ON(O)O[SiH3]. The summed E-state index contributed by atoms with van der Waals surface area (Å²) in [5.41, 5.74) is 0. The van der Waals surface area contributed by atoms with Gasteiger partial charge < -0.3 is 9.36 Å². The van der Waals surface area contributed by atoms with Crippen molar-refractivity contribution in [1.82, 2.24) is 5.39 Å². The van der Waals surface area contributed by atoms with Crippen LogP contribution >= 0.6 is 0 Å². The van der Waals surface area contributed by atoms with Crippen molar-refractivity contribution in [3.05, 3.63) is 0 Å². The highest BCUT2D eigenvalue weighted by atomic mass is 28.2. The van der Waals surface area contributed by atoms with Crippen molar-refractivity contribution < 1.29 is 19.4 Å².